The first-order valence-corrected chi connectivity index (χ1v) is 6.09. The normalized spacial score (nSPS) is 24.5. The first-order valence-electron chi connectivity index (χ1n) is 6.09. The van der Waals surface area contributed by atoms with Gasteiger partial charge < -0.3 is 9.47 Å². The third-order valence-corrected chi connectivity index (χ3v) is 3.23. The molecule has 18 heavy (non-hydrogen) atoms. The zero-order valence-corrected chi connectivity index (χ0v) is 10.2. The minimum Gasteiger partial charge on any atom is -0.497 e. The summed E-state index contributed by atoms with van der Waals surface area (Å²) in [4.78, 5) is 4.47. The highest BCUT2D eigenvalue weighted by Gasteiger charge is 2.23. The van der Waals surface area contributed by atoms with E-state index >= 15 is 0 Å². The van der Waals surface area contributed by atoms with Gasteiger partial charge in [-0.05, 0) is 18.6 Å². The lowest BCUT2D eigenvalue weighted by molar-refractivity contribution is 0.222. The first-order chi connectivity index (χ1) is 8.86. The van der Waals surface area contributed by atoms with Gasteiger partial charge in [-0.25, -0.2) is 0 Å². The summed E-state index contributed by atoms with van der Waals surface area (Å²) in [6.45, 7) is 0. The highest BCUT2D eigenvalue weighted by Crippen LogP contribution is 2.36. The summed E-state index contributed by atoms with van der Waals surface area (Å²) in [6.07, 6.45) is 11.4. The standard InChI is InChI=1S/C15H15NO2/c1-17-12-7-8-14-13(9-12)16-10-15(18-14)11-5-3-2-4-6-11/h2-5,7-11,15H,6H2,1H3. The summed E-state index contributed by atoms with van der Waals surface area (Å²) >= 11 is 0. The lowest BCUT2D eigenvalue weighted by Crippen LogP contribution is -2.29. The zero-order valence-electron chi connectivity index (χ0n) is 10.2. The number of fused-ring (bicyclic) bond motifs is 1. The average Bonchev–Trinajstić information content (AvgIpc) is 2.47. The van der Waals surface area contributed by atoms with Gasteiger partial charge in [0.1, 0.15) is 23.3 Å². The van der Waals surface area contributed by atoms with Crippen molar-refractivity contribution in [2.75, 3.05) is 7.11 Å². The minimum absolute atomic E-state index is 0.0205. The molecule has 1 aliphatic heterocycles. The van der Waals surface area contributed by atoms with Gasteiger partial charge in [0.2, 0.25) is 0 Å². The second-order valence-electron chi connectivity index (χ2n) is 4.41. The molecule has 0 N–H and O–H groups in total. The van der Waals surface area contributed by atoms with Crippen molar-refractivity contribution in [3.8, 4) is 11.5 Å². The second kappa shape index (κ2) is 4.69. The summed E-state index contributed by atoms with van der Waals surface area (Å²) < 4.78 is 11.2. The van der Waals surface area contributed by atoms with Crippen molar-refractivity contribution in [1.82, 2.24) is 0 Å². The maximum Gasteiger partial charge on any atom is 0.146 e. The lowest BCUT2D eigenvalue weighted by atomic mass is 9.95. The number of aliphatic imine (C=N–C) groups is 1. The third-order valence-electron chi connectivity index (χ3n) is 3.23. The van der Waals surface area contributed by atoms with E-state index in [4.69, 9.17) is 9.47 Å². The molecule has 1 aromatic carbocycles. The summed E-state index contributed by atoms with van der Waals surface area (Å²) in [6, 6.07) is 5.70. The molecule has 2 aliphatic rings. The van der Waals surface area contributed by atoms with E-state index in [1.807, 2.05) is 24.4 Å². The molecule has 0 saturated heterocycles. The van der Waals surface area contributed by atoms with E-state index in [9.17, 15) is 0 Å². The van der Waals surface area contributed by atoms with Crippen LogP contribution in [-0.2, 0) is 0 Å². The van der Waals surface area contributed by atoms with Crippen LogP contribution in [0.3, 0.4) is 0 Å². The van der Waals surface area contributed by atoms with Crippen LogP contribution in [0.4, 0.5) is 5.69 Å². The zero-order chi connectivity index (χ0) is 12.4. The Morgan fingerprint density at radius 3 is 3.06 bits per heavy atom. The van der Waals surface area contributed by atoms with E-state index in [-0.39, 0.29) is 6.10 Å². The number of methoxy groups -OCH3 is 1. The Bertz CT molecular complexity index is 531. The monoisotopic (exact) mass is 241 g/mol. The van der Waals surface area contributed by atoms with Gasteiger partial charge in [-0.3, -0.25) is 4.99 Å². The number of rotatable bonds is 2. The molecular formula is C15H15NO2. The number of hydrogen-bond acceptors (Lipinski definition) is 3. The number of nitrogens with zero attached hydrogens (tertiary/aromatic N) is 1. The van der Waals surface area contributed by atoms with Crippen molar-refractivity contribution in [2.45, 2.75) is 12.5 Å². The molecule has 0 radical (unpaired) electrons. The molecule has 0 fully saturated rings. The minimum atomic E-state index is 0.0205. The average molecular weight is 241 g/mol. The van der Waals surface area contributed by atoms with Crippen LogP contribution >= 0.6 is 0 Å². The Balaban J connectivity index is 1.82. The van der Waals surface area contributed by atoms with Crippen molar-refractivity contribution in [2.24, 2.45) is 10.9 Å². The highest BCUT2D eigenvalue weighted by atomic mass is 16.5. The first kappa shape index (κ1) is 11.1. The molecule has 2 unspecified atom stereocenters. The summed E-state index contributed by atoms with van der Waals surface area (Å²) in [5, 5.41) is 0. The molecule has 2 atom stereocenters. The van der Waals surface area contributed by atoms with Crippen LogP contribution in [0.15, 0.2) is 47.5 Å². The molecule has 0 amide bonds. The van der Waals surface area contributed by atoms with Crippen LogP contribution in [-0.4, -0.2) is 19.4 Å². The molecule has 1 heterocycles. The maximum absolute atomic E-state index is 5.98. The molecule has 92 valence electrons. The quantitative estimate of drug-likeness (QED) is 0.795. The van der Waals surface area contributed by atoms with Crippen LogP contribution in [0, 0.1) is 5.92 Å². The van der Waals surface area contributed by atoms with E-state index < -0.39 is 0 Å². The largest absolute Gasteiger partial charge is 0.497 e. The van der Waals surface area contributed by atoms with E-state index in [2.05, 4.69) is 29.3 Å². The molecule has 3 rings (SSSR count). The van der Waals surface area contributed by atoms with Gasteiger partial charge in [0.15, 0.2) is 0 Å². The Hall–Kier alpha value is -2.03. The molecule has 0 saturated carbocycles. The number of ether oxygens (including phenoxy) is 2. The van der Waals surface area contributed by atoms with Crippen molar-refractivity contribution in [3.63, 3.8) is 0 Å². The van der Waals surface area contributed by atoms with Crippen molar-refractivity contribution < 1.29 is 9.47 Å². The van der Waals surface area contributed by atoms with E-state index in [1.54, 1.807) is 7.11 Å². The van der Waals surface area contributed by atoms with Gasteiger partial charge in [0.25, 0.3) is 0 Å². The molecule has 3 nitrogen and oxygen atoms in total. The SMILES string of the molecule is COc1ccc2c(c1)N=CC(C1C=CC=CC1)O2. The number of hydrogen-bond donors (Lipinski definition) is 0. The van der Waals surface area contributed by atoms with E-state index in [0.29, 0.717) is 5.92 Å². The lowest BCUT2D eigenvalue weighted by Gasteiger charge is -2.26. The summed E-state index contributed by atoms with van der Waals surface area (Å²) in [5.41, 5.74) is 0.834. The van der Waals surface area contributed by atoms with E-state index in [1.165, 1.54) is 0 Å². The fourth-order valence-electron chi connectivity index (χ4n) is 2.20. The molecule has 3 heteroatoms. The van der Waals surface area contributed by atoms with Crippen molar-refractivity contribution in [3.05, 3.63) is 42.5 Å². The van der Waals surface area contributed by atoms with Gasteiger partial charge >= 0.3 is 0 Å². The van der Waals surface area contributed by atoms with E-state index in [0.717, 1.165) is 23.6 Å². The third kappa shape index (κ3) is 2.04. The fourth-order valence-corrected chi connectivity index (χ4v) is 2.20. The predicted molar refractivity (Wildman–Crippen MR) is 71.9 cm³/mol. The van der Waals surface area contributed by atoms with Crippen molar-refractivity contribution in [1.29, 1.82) is 0 Å². The van der Waals surface area contributed by atoms with Gasteiger partial charge in [0.05, 0.1) is 7.11 Å². The molecule has 0 aromatic heterocycles. The van der Waals surface area contributed by atoms with Gasteiger partial charge in [0, 0.05) is 18.2 Å². The van der Waals surface area contributed by atoms with Crippen LogP contribution < -0.4 is 9.47 Å². The predicted octanol–water partition coefficient (Wildman–Crippen LogP) is 3.29. The van der Waals surface area contributed by atoms with Gasteiger partial charge in [-0.15, -0.1) is 0 Å². The Morgan fingerprint density at radius 2 is 2.28 bits per heavy atom. The molecule has 0 spiro atoms. The van der Waals surface area contributed by atoms with Gasteiger partial charge in [-0.1, -0.05) is 24.3 Å². The Kier molecular flexibility index (Phi) is 2.89. The van der Waals surface area contributed by atoms with Gasteiger partial charge in [-0.2, -0.15) is 0 Å². The number of benzene rings is 1. The van der Waals surface area contributed by atoms with Crippen molar-refractivity contribution >= 4 is 11.9 Å². The molecular weight excluding hydrogens is 226 g/mol. The van der Waals surface area contributed by atoms with Crippen LogP contribution in [0.25, 0.3) is 0 Å². The van der Waals surface area contributed by atoms with Crippen LogP contribution in [0.2, 0.25) is 0 Å². The summed E-state index contributed by atoms with van der Waals surface area (Å²) in [7, 11) is 1.65. The van der Waals surface area contributed by atoms with Crippen LogP contribution in [0.5, 0.6) is 11.5 Å². The highest BCUT2D eigenvalue weighted by molar-refractivity contribution is 5.75. The summed E-state index contributed by atoms with van der Waals surface area (Å²) in [5.74, 6) is 1.99. The maximum atomic E-state index is 5.98. The second-order valence-corrected chi connectivity index (χ2v) is 4.41. The molecule has 1 aliphatic carbocycles. The molecule has 1 aromatic rings. The Labute approximate surface area is 106 Å². The smallest absolute Gasteiger partial charge is 0.146 e. The molecule has 0 bridgehead atoms. The fraction of sp³-hybridized carbons (Fsp3) is 0.267. The number of allylic oxidation sites excluding steroid dienone is 3. The Morgan fingerprint density at radius 1 is 1.33 bits per heavy atom. The topological polar surface area (TPSA) is 30.8 Å². The van der Waals surface area contributed by atoms with Crippen LogP contribution in [0.1, 0.15) is 6.42 Å².